The number of hydrogen-bond donors (Lipinski definition) is 0. The van der Waals surface area contributed by atoms with Gasteiger partial charge in [-0.3, -0.25) is 4.79 Å². The molecule has 0 aliphatic heterocycles. The van der Waals surface area contributed by atoms with Gasteiger partial charge in [-0.1, -0.05) is 6.07 Å². The normalized spacial score (nSPS) is 12.1. The summed E-state index contributed by atoms with van der Waals surface area (Å²) in [5.74, 6) is -0.843. The molecule has 2 rings (SSSR count). The molecular weight excluding hydrogens is 341 g/mol. The van der Waals surface area contributed by atoms with Crippen molar-refractivity contribution >= 4 is 23.6 Å². The number of carbonyl (C=O) groups excluding carboxylic acids is 2. The molecule has 0 aliphatic carbocycles. The number of carbonyl (C=O) groups is 2. The van der Waals surface area contributed by atoms with Crippen molar-refractivity contribution in [3.8, 4) is 10.4 Å². The van der Waals surface area contributed by atoms with Crippen molar-refractivity contribution in [1.29, 1.82) is 0 Å². The first-order chi connectivity index (χ1) is 11.0. The lowest BCUT2D eigenvalue weighted by Gasteiger charge is -2.21. The van der Waals surface area contributed by atoms with Crippen molar-refractivity contribution in [3.05, 3.63) is 46.3 Å². The minimum absolute atomic E-state index is 0.181. The van der Waals surface area contributed by atoms with Crippen LogP contribution in [-0.2, 0) is 10.9 Å². The minimum atomic E-state index is -4.57. The predicted molar refractivity (Wildman–Crippen MR) is 85.3 cm³/mol. The molecule has 24 heavy (non-hydrogen) atoms. The first-order valence-corrected chi connectivity index (χ1v) is 7.83. The highest BCUT2D eigenvalue weighted by atomic mass is 32.1. The van der Waals surface area contributed by atoms with E-state index in [0.29, 0.717) is 21.6 Å². The van der Waals surface area contributed by atoms with Crippen molar-refractivity contribution in [1.82, 2.24) is 0 Å². The molecular formula is C17H15F3O3S. The lowest BCUT2D eigenvalue weighted by molar-refractivity contribution is -0.137. The number of hydrogen-bond acceptors (Lipinski definition) is 4. The number of ether oxygens (including phenoxy) is 1. The van der Waals surface area contributed by atoms with Gasteiger partial charge in [-0.05, 0) is 45.0 Å². The highest BCUT2D eigenvalue weighted by molar-refractivity contribution is 7.17. The van der Waals surface area contributed by atoms with E-state index in [9.17, 15) is 22.8 Å². The second kappa shape index (κ2) is 6.39. The second-order valence-electron chi connectivity index (χ2n) is 6.08. The highest BCUT2D eigenvalue weighted by Crippen LogP contribution is 2.36. The van der Waals surface area contributed by atoms with Gasteiger partial charge in [-0.2, -0.15) is 13.2 Å². The van der Waals surface area contributed by atoms with E-state index >= 15 is 0 Å². The average molecular weight is 356 g/mol. The average Bonchev–Trinajstić information content (AvgIpc) is 2.92. The van der Waals surface area contributed by atoms with Gasteiger partial charge in [-0.25, -0.2) is 4.79 Å². The number of aldehydes is 1. The van der Waals surface area contributed by atoms with Crippen molar-refractivity contribution in [2.45, 2.75) is 32.5 Å². The Morgan fingerprint density at radius 2 is 1.79 bits per heavy atom. The molecule has 0 fully saturated rings. The molecule has 0 radical (unpaired) electrons. The van der Waals surface area contributed by atoms with Gasteiger partial charge in [0.25, 0.3) is 0 Å². The fourth-order valence-electron chi connectivity index (χ4n) is 2.00. The van der Waals surface area contributed by atoms with Crippen LogP contribution in [0.4, 0.5) is 13.2 Å². The second-order valence-corrected chi connectivity index (χ2v) is 7.20. The van der Waals surface area contributed by atoms with E-state index in [4.69, 9.17) is 4.74 Å². The molecule has 7 heteroatoms. The van der Waals surface area contributed by atoms with Gasteiger partial charge in [0, 0.05) is 10.4 Å². The van der Waals surface area contributed by atoms with Gasteiger partial charge >= 0.3 is 12.1 Å². The summed E-state index contributed by atoms with van der Waals surface area (Å²) in [4.78, 5) is 24.1. The number of alkyl halides is 3. The maximum Gasteiger partial charge on any atom is 0.416 e. The summed E-state index contributed by atoms with van der Waals surface area (Å²) in [7, 11) is 0. The maximum atomic E-state index is 13.0. The van der Waals surface area contributed by atoms with E-state index < -0.39 is 23.3 Å². The maximum absolute atomic E-state index is 13.0. The molecule has 1 aromatic heterocycles. The molecule has 0 saturated heterocycles. The third-order valence-corrected chi connectivity index (χ3v) is 4.02. The summed E-state index contributed by atoms with van der Waals surface area (Å²) in [5, 5.41) is 0. The van der Waals surface area contributed by atoms with Gasteiger partial charge in [0.2, 0.25) is 0 Å². The van der Waals surface area contributed by atoms with Gasteiger partial charge in [0.05, 0.1) is 16.0 Å². The summed E-state index contributed by atoms with van der Waals surface area (Å²) >= 11 is 1.09. The summed E-state index contributed by atoms with van der Waals surface area (Å²) in [6.07, 6.45) is -3.93. The number of benzene rings is 1. The van der Waals surface area contributed by atoms with Crippen molar-refractivity contribution in [2.75, 3.05) is 0 Å². The molecule has 0 atom stereocenters. The molecule has 0 aliphatic rings. The van der Waals surface area contributed by atoms with E-state index in [1.54, 1.807) is 32.9 Å². The van der Waals surface area contributed by atoms with Crippen LogP contribution in [-0.4, -0.2) is 17.9 Å². The van der Waals surface area contributed by atoms with E-state index in [2.05, 4.69) is 0 Å². The number of rotatable bonds is 3. The van der Waals surface area contributed by atoms with Crippen molar-refractivity contribution in [3.63, 3.8) is 0 Å². The zero-order valence-electron chi connectivity index (χ0n) is 13.2. The van der Waals surface area contributed by atoms with Crippen LogP contribution >= 0.6 is 11.3 Å². The van der Waals surface area contributed by atoms with E-state index in [0.717, 1.165) is 23.5 Å². The number of esters is 1. The third kappa shape index (κ3) is 4.23. The number of thiophene rings is 1. The lowest BCUT2D eigenvalue weighted by Crippen LogP contribution is -2.24. The Hall–Kier alpha value is -2.15. The van der Waals surface area contributed by atoms with Gasteiger partial charge < -0.3 is 4.74 Å². The van der Waals surface area contributed by atoms with Crippen LogP contribution in [0, 0.1) is 0 Å². The monoisotopic (exact) mass is 356 g/mol. The van der Waals surface area contributed by atoms with Crippen LogP contribution in [0.3, 0.4) is 0 Å². The standard InChI is InChI=1S/C17H15F3O3S/c1-16(2,3)23-15(22)13-8-10(17(18,19)20)4-6-12(13)14-7-5-11(9-21)24-14/h4-9H,1-3H3. The summed E-state index contributed by atoms with van der Waals surface area (Å²) in [5.41, 5.74) is -1.65. The predicted octanol–water partition coefficient (Wildman–Crippen LogP) is 5.20. The molecule has 1 aromatic carbocycles. The first kappa shape index (κ1) is 18.2. The molecule has 0 saturated carbocycles. The first-order valence-electron chi connectivity index (χ1n) is 7.01. The molecule has 128 valence electrons. The van der Waals surface area contributed by atoms with Gasteiger partial charge in [0.15, 0.2) is 6.29 Å². The Morgan fingerprint density at radius 1 is 1.12 bits per heavy atom. The third-order valence-electron chi connectivity index (χ3n) is 2.97. The quantitative estimate of drug-likeness (QED) is 0.561. The minimum Gasteiger partial charge on any atom is -0.456 e. The Morgan fingerprint density at radius 3 is 2.29 bits per heavy atom. The van der Waals surface area contributed by atoms with Gasteiger partial charge in [-0.15, -0.1) is 11.3 Å². The van der Waals surface area contributed by atoms with E-state index in [-0.39, 0.29) is 5.56 Å². The van der Waals surface area contributed by atoms with E-state index in [1.807, 2.05) is 0 Å². The Kier molecular flexibility index (Phi) is 4.85. The molecule has 2 aromatic rings. The van der Waals surface area contributed by atoms with Crippen LogP contribution in [0.5, 0.6) is 0 Å². The largest absolute Gasteiger partial charge is 0.456 e. The zero-order valence-corrected chi connectivity index (χ0v) is 14.0. The molecule has 1 heterocycles. The summed E-state index contributed by atoms with van der Waals surface area (Å²) < 4.78 is 44.1. The Labute approximate surface area is 141 Å². The molecule has 0 bridgehead atoms. The van der Waals surface area contributed by atoms with Gasteiger partial charge in [0.1, 0.15) is 5.60 Å². The SMILES string of the molecule is CC(C)(C)OC(=O)c1cc(C(F)(F)F)ccc1-c1ccc(C=O)s1. The van der Waals surface area contributed by atoms with E-state index in [1.165, 1.54) is 6.07 Å². The highest BCUT2D eigenvalue weighted by Gasteiger charge is 2.33. The van der Waals surface area contributed by atoms with Crippen LogP contribution in [0.1, 0.15) is 46.4 Å². The van der Waals surface area contributed by atoms with Crippen molar-refractivity contribution in [2.24, 2.45) is 0 Å². The van der Waals surface area contributed by atoms with Crippen LogP contribution in [0.2, 0.25) is 0 Å². The molecule has 0 amide bonds. The van der Waals surface area contributed by atoms with Crippen LogP contribution in [0.15, 0.2) is 30.3 Å². The number of halogens is 3. The Bertz CT molecular complexity index is 770. The smallest absolute Gasteiger partial charge is 0.416 e. The topological polar surface area (TPSA) is 43.4 Å². The Balaban J connectivity index is 2.57. The molecule has 0 N–H and O–H groups in total. The lowest BCUT2D eigenvalue weighted by atomic mass is 10.0. The van der Waals surface area contributed by atoms with Crippen LogP contribution < -0.4 is 0 Å². The fourth-order valence-corrected chi connectivity index (χ4v) is 2.86. The molecule has 3 nitrogen and oxygen atoms in total. The van der Waals surface area contributed by atoms with Crippen molar-refractivity contribution < 1.29 is 27.5 Å². The molecule has 0 unspecified atom stereocenters. The van der Waals surface area contributed by atoms with Crippen LogP contribution in [0.25, 0.3) is 10.4 Å². The summed E-state index contributed by atoms with van der Waals surface area (Å²) in [6, 6.07) is 6.05. The summed E-state index contributed by atoms with van der Waals surface area (Å²) in [6.45, 7) is 4.90. The fraction of sp³-hybridized carbons (Fsp3) is 0.294. The molecule has 0 spiro atoms. The zero-order chi connectivity index (χ0) is 18.1.